The standard InChI is InChI=1S/C25H27N3O4/c1-30-22-14-13-21(24(31-2)25(22)32-3)27-16-18-10-8-17(9-11-18)12-15-23(29)28-20-7-5-4-6-19(20)26/h4-15,27H,16,26H2,1-3H3,(H,28,29)/b15-12+. The van der Waals surface area contributed by atoms with Gasteiger partial charge in [-0.15, -0.1) is 0 Å². The van der Waals surface area contributed by atoms with E-state index in [2.05, 4.69) is 10.6 Å². The van der Waals surface area contributed by atoms with Gasteiger partial charge in [0.25, 0.3) is 0 Å². The molecule has 0 saturated heterocycles. The second-order valence-corrected chi connectivity index (χ2v) is 6.89. The highest BCUT2D eigenvalue weighted by Gasteiger charge is 2.15. The summed E-state index contributed by atoms with van der Waals surface area (Å²) in [5, 5.41) is 6.12. The summed E-state index contributed by atoms with van der Waals surface area (Å²) < 4.78 is 16.2. The van der Waals surface area contributed by atoms with Crippen molar-refractivity contribution in [3.8, 4) is 17.2 Å². The first-order valence-electron chi connectivity index (χ1n) is 10.0. The zero-order valence-corrected chi connectivity index (χ0v) is 18.3. The minimum Gasteiger partial charge on any atom is -0.493 e. The predicted molar refractivity (Wildman–Crippen MR) is 128 cm³/mol. The highest BCUT2D eigenvalue weighted by atomic mass is 16.5. The quantitative estimate of drug-likeness (QED) is 0.338. The molecule has 0 spiro atoms. The van der Waals surface area contributed by atoms with E-state index >= 15 is 0 Å². The van der Waals surface area contributed by atoms with Crippen LogP contribution in [0.25, 0.3) is 6.08 Å². The van der Waals surface area contributed by atoms with Crippen LogP contribution in [0.1, 0.15) is 11.1 Å². The molecule has 0 heterocycles. The van der Waals surface area contributed by atoms with Crippen LogP contribution in [0, 0.1) is 0 Å². The van der Waals surface area contributed by atoms with Crippen molar-refractivity contribution in [3.63, 3.8) is 0 Å². The number of ether oxygens (including phenoxy) is 3. The van der Waals surface area contributed by atoms with Crippen LogP contribution in [0.5, 0.6) is 17.2 Å². The molecule has 1 amide bonds. The maximum atomic E-state index is 12.1. The molecule has 0 fully saturated rings. The summed E-state index contributed by atoms with van der Waals surface area (Å²) in [6, 6.07) is 18.7. The van der Waals surface area contributed by atoms with E-state index in [4.69, 9.17) is 19.9 Å². The first kappa shape index (κ1) is 22.6. The summed E-state index contributed by atoms with van der Waals surface area (Å²) in [5.41, 5.74) is 9.74. The molecule has 0 aliphatic carbocycles. The number of para-hydroxylation sites is 2. The van der Waals surface area contributed by atoms with Crippen molar-refractivity contribution in [1.29, 1.82) is 0 Å². The van der Waals surface area contributed by atoms with Crippen molar-refractivity contribution in [3.05, 3.63) is 77.9 Å². The van der Waals surface area contributed by atoms with Crippen molar-refractivity contribution in [2.45, 2.75) is 6.54 Å². The van der Waals surface area contributed by atoms with Gasteiger partial charge in [0.15, 0.2) is 11.5 Å². The number of nitrogen functional groups attached to an aromatic ring is 1. The van der Waals surface area contributed by atoms with Crippen molar-refractivity contribution in [2.24, 2.45) is 0 Å². The van der Waals surface area contributed by atoms with Gasteiger partial charge in [-0.3, -0.25) is 4.79 Å². The van der Waals surface area contributed by atoms with Crippen LogP contribution in [-0.4, -0.2) is 27.2 Å². The smallest absolute Gasteiger partial charge is 0.248 e. The molecule has 0 aromatic heterocycles. The summed E-state index contributed by atoms with van der Waals surface area (Å²) in [6.45, 7) is 0.587. The third kappa shape index (κ3) is 5.51. The average molecular weight is 434 g/mol. The Balaban J connectivity index is 1.61. The molecule has 0 atom stereocenters. The molecule has 166 valence electrons. The SMILES string of the molecule is COc1ccc(NCc2ccc(/C=C/C(=O)Nc3ccccc3N)cc2)c(OC)c1OC. The number of methoxy groups -OCH3 is 3. The van der Waals surface area contributed by atoms with Gasteiger partial charge in [0, 0.05) is 12.6 Å². The van der Waals surface area contributed by atoms with Crippen LogP contribution in [0.4, 0.5) is 17.1 Å². The first-order chi connectivity index (χ1) is 15.5. The summed E-state index contributed by atoms with van der Waals surface area (Å²) in [4.78, 5) is 12.1. The van der Waals surface area contributed by atoms with E-state index in [1.807, 2.05) is 48.5 Å². The van der Waals surface area contributed by atoms with Gasteiger partial charge in [0.1, 0.15) is 0 Å². The van der Waals surface area contributed by atoms with Gasteiger partial charge in [-0.05, 0) is 41.5 Å². The maximum absolute atomic E-state index is 12.1. The first-order valence-corrected chi connectivity index (χ1v) is 10.0. The molecule has 0 radical (unpaired) electrons. The van der Waals surface area contributed by atoms with Gasteiger partial charge in [-0.2, -0.15) is 0 Å². The van der Waals surface area contributed by atoms with Gasteiger partial charge in [-0.1, -0.05) is 36.4 Å². The molecular formula is C25H27N3O4. The van der Waals surface area contributed by atoms with Crippen LogP contribution in [0.3, 0.4) is 0 Å². The number of anilines is 3. The van der Waals surface area contributed by atoms with E-state index in [0.29, 0.717) is 35.2 Å². The van der Waals surface area contributed by atoms with Crippen LogP contribution >= 0.6 is 0 Å². The van der Waals surface area contributed by atoms with Crippen molar-refractivity contribution in [2.75, 3.05) is 37.7 Å². The lowest BCUT2D eigenvalue weighted by Gasteiger charge is -2.16. The highest BCUT2D eigenvalue weighted by molar-refractivity contribution is 6.03. The molecule has 7 nitrogen and oxygen atoms in total. The minimum absolute atomic E-state index is 0.241. The molecule has 7 heteroatoms. The number of nitrogens with one attached hydrogen (secondary N) is 2. The summed E-state index contributed by atoms with van der Waals surface area (Å²) in [5.74, 6) is 1.48. The Hall–Kier alpha value is -4.13. The Labute approximate surface area is 187 Å². The molecule has 3 aromatic carbocycles. The van der Waals surface area contributed by atoms with Crippen molar-refractivity contribution < 1.29 is 19.0 Å². The molecule has 0 unspecified atom stereocenters. The fourth-order valence-corrected chi connectivity index (χ4v) is 3.14. The number of rotatable bonds is 9. The lowest BCUT2D eigenvalue weighted by atomic mass is 10.1. The number of carbonyl (C=O) groups excluding carboxylic acids is 1. The number of hydrogen-bond donors (Lipinski definition) is 3. The molecule has 0 bridgehead atoms. The average Bonchev–Trinajstić information content (AvgIpc) is 2.82. The molecule has 0 aliphatic heterocycles. The summed E-state index contributed by atoms with van der Waals surface area (Å²) >= 11 is 0. The third-order valence-electron chi connectivity index (χ3n) is 4.81. The van der Waals surface area contributed by atoms with E-state index in [1.165, 1.54) is 6.08 Å². The zero-order valence-electron chi connectivity index (χ0n) is 18.3. The van der Waals surface area contributed by atoms with Crippen LogP contribution in [-0.2, 0) is 11.3 Å². The molecule has 32 heavy (non-hydrogen) atoms. The highest BCUT2D eigenvalue weighted by Crippen LogP contribution is 2.42. The molecule has 0 aliphatic rings. The monoisotopic (exact) mass is 433 g/mol. The lowest BCUT2D eigenvalue weighted by molar-refractivity contribution is -0.111. The van der Waals surface area contributed by atoms with Gasteiger partial charge >= 0.3 is 0 Å². The van der Waals surface area contributed by atoms with Crippen LogP contribution < -0.4 is 30.6 Å². The Kier molecular flexibility index (Phi) is 7.59. The fourth-order valence-electron chi connectivity index (χ4n) is 3.14. The molecular weight excluding hydrogens is 406 g/mol. The number of nitrogens with two attached hydrogens (primary N) is 1. The number of amides is 1. The van der Waals surface area contributed by atoms with E-state index in [9.17, 15) is 4.79 Å². The van der Waals surface area contributed by atoms with Gasteiger partial charge in [0.05, 0.1) is 38.4 Å². The Bertz CT molecular complexity index is 1090. The van der Waals surface area contributed by atoms with Crippen LogP contribution in [0.2, 0.25) is 0 Å². The van der Waals surface area contributed by atoms with Gasteiger partial charge < -0.3 is 30.6 Å². The van der Waals surface area contributed by atoms with Crippen molar-refractivity contribution in [1.82, 2.24) is 0 Å². The van der Waals surface area contributed by atoms with Crippen molar-refractivity contribution >= 4 is 29.0 Å². The molecule has 4 N–H and O–H groups in total. The number of carbonyl (C=O) groups is 1. The fraction of sp³-hybridized carbons (Fsp3) is 0.160. The Morgan fingerprint density at radius 1 is 0.875 bits per heavy atom. The molecule has 3 aromatic rings. The minimum atomic E-state index is -0.241. The molecule has 0 saturated carbocycles. The Morgan fingerprint density at radius 3 is 2.25 bits per heavy atom. The second kappa shape index (κ2) is 10.8. The maximum Gasteiger partial charge on any atom is 0.248 e. The summed E-state index contributed by atoms with van der Waals surface area (Å²) in [6.07, 6.45) is 3.23. The van der Waals surface area contributed by atoms with E-state index < -0.39 is 0 Å². The van der Waals surface area contributed by atoms with Gasteiger partial charge in [0.2, 0.25) is 11.7 Å². The second-order valence-electron chi connectivity index (χ2n) is 6.89. The molecule has 3 rings (SSSR count). The summed E-state index contributed by atoms with van der Waals surface area (Å²) in [7, 11) is 4.75. The normalized spacial score (nSPS) is 10.6. The van der Waals surface area contributed by atoms with Crippen LogP contribution in [0.15, 0.2) is 66.7 Å². The number of benzene rings is 3. The lowest BCUT2D eigenvalue weighted by Crippen LogP contribution is -2.09. The third-order valence-corrected chi connectivity index (χ3v) is 4.81. The van der Waals surface area contributed by atoms with E-state index in [-0.39, 0.29) is 5.91 Å². The van der Waals surface area contributed by atoms with E-state index in [0.717, 1.165) is 16.8 Å². The topological polar surface area (TPSA) is 94.8 Å². The largest absolute Gasteiger partial charge is 0.493 e. The number of hydrogen-bond acceptors (Lipinski definition) is 6. The predicted octanol–water partition coefficient (Wildman–Crippen LogP) is 4.56. The van der Waals surface area contributed by atoms with E-state index in [1.54, 1.807) is 39.5 Å². The zero-order chi connectivity index (χ0) is 22.9. The van der Waals surface area contributed by atoms with Gasteiger partial charge in [-0.25, -0.2) is 0 Å². The Morgan fingerprint density at radius 2 is 1.59 bits per heavy atom.